The summed E-state index contributed by atoms with van der Waals surface area (Å²) in [5.74, 6) is 1.65. The van der Waals surface area contributed by atoms with Crippen LogP contribution in [0.25, 0.3) is 77.5 Å². The summed E-state index contributed by atoms with van der Waals surface area (Å²) in [4.78, 5) is 37.7. The monoisotopic (exact) mass is 1290 g/mol. The molecule has 3 saturated heterocycles. The minimum atomic E-state index is -3.09. The zero-order valence-electron chi connectivity index (χ0n) is 50.3. The molecule has 0 spiro atoms. The van der Waals surface area contributed by atoms with E-state index in [0.29, 0.717) is 39.4 Å². The molecular weight excluding hydrogens is 1220 g/mol. The normalized spacial score (nSPS) is 16.8. The first kappa shape index (κ1) is 62.4. The van der Waals surface area contributed by atoms with Gasteiger partial charge in [0.15, 0.2) is 0 Å². The number of pyridine rings is 6. The van der Waals surface area contributed by atoms with Crippen molar-refractivity contribution in [1.29, 1.82) is 0 Å². The second-order valence-electron chi connectivity index (χ2n) is 23.2. The predicted molar refractivity (Wildman–Crippen MR) is 350 cm³/mol. The maximum atomic E-state index is 11.7. The number of aromatic amines is 2. The number of rotatable bonds is 16. The van der Waals surface area contributed by atoms with E-state index in [0.717, 1.165) is 151 Å². The largest absolute Gasteiger partial charge is 0.494 e. The molecule has 8 aromatic heterocycles. The molecule has 0 radical (unpaired) electrons. The zero-order valence-corrected chi connectivity index (χ0v) is 53.5. The van der Waals surface area contributed by atoms with Crippen LogP contribution in [0, 0.1) is 0 Å². The van der Waals surface area contributed by atoms with Crippen molar-refractivity contribution in [3.63, 3.8) is 0 Å². The number of sulfonamides is 2. The summed E-state index contributed by atoms with van der Waals surface area (Å²) in [5, 5.41) is 4.32. The Kier molecular flexibility index (Phi) is 19.0. The molecule has 0 saturated carbocycles. The van der Waals surface area contributed by atoms with Gasteiger partial charge >= 0.3 is 7.12 Å². The molecule has 0 atom stereocenters. The first-order chi connectivity index (χ1) is 42.2. The second kappa shape index (κ2) is 26.8. The van der Waals surface area contributed by atoms with Crippen molar-refractivity contribution in [2.24, 2.45) is 0 Å². The van der Waals surface area contributed by atoms with Crippen LogP contribution in [0.2, 0.25) is 0 Å². The molecule has 3 aliphatic rings. The van der Waals surface area contributed by atoms with Gasteiger partial charge in [0.2, 0.25) is 20.0 Å². The summed E-state index contributed by atoms with van der Waals surface area (Å²) in [6.45, 7) is 16.6. The summed E-state index contributed by atoms with van der Waals surface area (Å²) in [5.41, 5.74) is 9.78. The van der Waals surface area contributed by atoms with Gasteiger partial charge in [-0.05, 0) is 140 Å². The summed E-state index contributed by atoms with van der Waals surface area (Å²) >= 11 is 3.46. The molecular formula is C64H72BBrN12O8S2. The van der Waals surface area contributed by atoms with Crippen LogP contribution >= 0.6 is 15.9 Å². The van der Waals surface area contributed by atoms with Crippen LogP contribution in [0.15, 0.2) is 151 Å². The summed E-state index contributed by atoms with van der Waals surface area (Å²) < 4.78 is 74.5. The highest BCUT2D eigenvalue weighted by Crippen LogP contribution is 2.37. The van der Waals surface area contributed by atoms with E-state index < -0.39 is 20.0 Å². The Labute approximate surface area is 522 Å². The third-order valence-electron chi connectivity index (χ3n) is 16.5. The lowest BCUT2D eigenvalue weighted by Gasteiger charge is -2.33. The lowest BCUT2D eigenvalue weighted by molar-refractivity contribution is 0.00578. The predicted octanol–water partition coefficient (Wildman–Crippen LogP) is 9.45. The second-order valence-corrected chi connectivity index (χ2v) is 28.1. The quantitative estimate of drug-likeness (QED) is 0.0678. The van der Waals surface area contributed by atoms with Gasteiger partial charge in [0.25, 0.3) is 0 Å². The van der Waals surface area contributed by atoms with E-state index in [9.17, 15) is 16.8 Å². The van der Waals surface area contributed by atoms with Gasteiger partial charge in [-0.1, -0.05) is 24.3 Å². The van der Waals surface area contributed by atoms with Crippen LogP contribution < -0.4 is 14.9 Å². The van der Waals surface area contributed by atoms with E-state index in [2.05, 4.69) is 102 Å². The first-order valence-electron chi connectivity index (χ1n) is 29.4. The molecule has 458 valence electrons. The lowest BCUT2D eigenvalue weighted by Crippen LogP contribution is -2.48. The fraction of sp³-hybridized carbons (Fsp3) is 0.344. The number of fused-ring (bicyclic) bond motifs is 6. The van der Waals surface area contributed by atoms with Gasteiger partial charge in [-0.25, -0.2) is 26.8 Å². The molecule has 13 rings (SSSR count). The van der Waals surface area contributed by atoms with Gasteiger partial charge in [-0.2, -0.15) is 8.61 Å². The SMILES string of the molecule is Brc1cnc2[nH]c3cnc(-c4cccnc4)cc3c2c1.CC1(C)OB(c2ccc(OCCCN3CCN(S(C)(=O)=O)CC3)cc2)OC1(C)C.CS(=O)(=O)N1CCN(CCCOc2ccc(-c3cnc4[nH]c5cnc(-c6cccnc6)cc5c4c3)cc2)CC1. The van der Waals surface area contributed by atoms with E-state index in [1.54, 1.807) is 27.2 Å². The molecule has 88 heavy (non-hydrogen) atoms. The molecule has 2 aromatic carbocycles. The van der Waals surface area contributed by atoms with E-state index in [4.69, 9.17) is 18.8 Å². The number of H-pyrrole nitrogens is 2. The molecule has 0 unspecified atom stereocenters. The number of halogens is 1. The van der Waals surface area contributed by atoms with Crippen molar-refractivity contribution in [3.05, 3.63) is 151 Å². The van der Waals surface area contributed by atoms with E-state index in [1.807, 2.05) is 119 Å². The first-order valence-corrected chi connectivity index (χ1v) is 33.9. The van der Waals surface area contributed by atoms with Crippen molar-refractivity contribution in [1.82, 2.24) is 58.3 Å². The molecule has 24 heteroatoms. The Morgan fingerprint density at radius 1 is 0.523 bits per heavy atom. The Hall–Kier alpha value is -7.26. The highest BCUT2D eigenvalue weighted by atomic mass is 79.9. The highest BCUT2D eigenvalue weighted by Gasteiger charge is 2.51. The fourth-order valence-electron chi connectivity index (χ4n) is 10.8. The van der Waals surface area contributed by atoms with E-state index >= 15 is 0 Å². The summed E-state index contributed by atoms with van der Waals surface area (Å²) in [7, 11) is -6.52. The van der Waals surface area contributed by atoms with Crippen molar-refractivity contribution < 1.29 is 35.6 Å². The average Bonchev–Trinajstić information content (AvgIpc) is 2.66. The van der Waals surface area contributed by atoms with Crippen LogP contribution in [0.3, 0.4) is 0 Å². The molecule has 0 amide bonds. The topological polar surface area (TPSA) is 227 Å². The van der Waals surface area contributed by atoms with Gasteiger partial charge in [-0.3, -0.25) is 19.9 Å². The van der Waals surface area contributed by atoms with E-state index in [1.165, 1.54) is 12.5 Å². The number of nitrogens with zero attached hydrogens (tertiary/aromatic N) is 10. The average molecular weight is 1290 g/mol. The van der Waals surface area contributed by atoms with Crippen molar-refractivity contribution >= 4 is 92.4 Å². The number of aromatic nitrogens is 8. The van der Waals surface area contributed by atoms with Crippen molar-refractivity contribution in [2.45, 2.75) is 51.7 Å². The van der Waals surface area contributed by atoms with Gasteiger partial charge < -0.3 is 38.6 Å². The third-order valence-corrected chi connectivity index (χ3v) is 19.6. The third kappa shape index (κ3) is 15.1. The molecule has 0 bridgehead atoms. The van der Waals surface area contributed by atoms with Crippen LogP contribution in [-0.2, 0) is 29.4 Å². The molecule has 11 heterocycles. The maximum absolute atomic E-state index is 11.7. The van der Waals surface area contributed by atoms with Crippen LogP contribution in [0.5, 0.6) is 11.5 Å². The van der Waals surface area contributed by atoms with Crippen LogP contribution in [0.4, 0.5) is 0 Å². The molecule has 3 fully saturated rings. The van der Waals surface area contributed by atoms with Crippen molar-refractivity contribution in [3.8, 4) is 45.1 Å². The number of benzene rings is 2. The number of hydrogen-bond acceptors (Lipinski definition) is 16. The minimum absolute atomic E-state index is 0.348. The maximum Gasteiger partial charge on any atom is 0.494 e. The Morgan fingerprint density at radius 3 is 1.43 bits per heavy atom. The highest BCUT2D eigenvalue weighted by molar-refractivity contribution is 9.10. The minimum Gasteiger partial charge on any atom is -0.494 e. The Morgan fingerprint density at radius 2 is 0.977 bits per heavy atom. The number of hydrogen-bond donors (Lipinski definition) is 2. The number of ether oxygens (including phenoxy) is 2. The smallest absolute Gasteiger partial charge is 0.494 e. The number of nitrogens with one attached hydrogen (secondary N) is 2. The van der Waals surface area contributed by atoms with Gasteiger partial charge in [0.05, 0.1) is 71.7 Å². The van der Waals surface area contributed by atoms with Crippen LogP contribution in [-0.4, -0.2) is 185 Å². The van der Waals surface area contributed by atoms with Crippen molar-refractivity contribution in [2.75, 3.05) is 91.2 Å². The van der Waals surface area contributed by atoms with Crippen LogP contribution in [0.1, 0.15) is 40.5 Å². The number of piperazine rings is 2. The molecule has 2 N–H and O–H groups in total. The van der Waals surface area contributed by atoms with Gasteiger partial charge in [0, 0.05) is 145 Å². The Balaban J connectivity index is 0.000000144. The fourth-order valence-corrected chi connectivity index (χ4v) is 12.8. The zero-order chi connectivity index (χ0) is 61.6. The van der Waals surface area contributed by atoms with E-state index in [-0.39, 0.29) is 18.3 Å². The Bertz CT molecular complexity index is 4230. The molecule has 20 nitrogen and oxygen atoms in total. The summed E-state index contributed by atoms with van der Waals surface area (Å²) in [6, 6.07) is 32.2. The summed E-state index contributed by atoms with van der Waals surface area (Å²) in [6.07, 6.45) is 18.8. The lowest BCUT2D eigenvalue weighted by atomic mass is 9.79. The molecule has 0 aliphatic carbocycles. The van der Waals surface area contributed by atoms with Gasteiger partial charge in [-0.15, -0.1) is 0 Å². The molecule has 10 aromatic rings. The van der Waals surface area contributed by atoms with Gasteiger partial charge in [0.1, 0.15) is 22.8 Å². The molecule has 3 aliphatic heterocycles. The standard InChI is InChI=1S/C29H30N6O3S.C20H33BN2O5S.C15H9BrN4/c1-39(36,37)35-13-11-34(12-14-35)10-3-15-38-24-7-5-21(6-8-24)23-16-26-25-17-27(22-4-2-9-30-18-22)31-20-28(25)33-29(26)32-19-23;1-19(2)20(3,4)28-21(27-19)17-7-9-18(10-8-17)26-16-6-11-22-12-14-23(15-13-22)29(5,24)25;16-10-4-12-11-5-13(9-2-1-3-17-6-9)18-8-14(11)20-15(12)19-7-10/h2,4-9,16-20H,3,10-15H2,1H3,(H,32,33);7-10H,6,11-16H2,1-5H3;1-8H,(H,19,20).